The molecule has 0 aliphatic carbocycles. The van der Waals surface area contributed by atoms with Crippen molar-refractivity contribution >= 4 is 11.3 Å². The van der Waals surface area contributed by atoms with Crippen LogP contribution in [0.25, 0.3) is 0 Å². The molecule has 0 N–H and O–H groups in total. The SMILES string of the molecule is [CH2]C(Cc1ccc(OCc2cccs2)c(OCC)c1)N1CCOCC1. The Morgan fingerprint density at radius 2 is 2.04 bits per heavy atom. The second kappa shape index (κ2) is 9.22. The van der Waals surface area contributed by atoms with E-state index >= 15 is 0 Å². The molecular weight excluding hydrogens is 334 g/mol. The topological polar surface area (TPSA) is 30.9 Å². The summed E-state index contributed by atoms with van der Waals surface area (Å²) in [7, 11) is 0. The highest BCUT2D eigenvalue weighted by molar-refractivity contribution is 7.09. The second-order valence-corrected chi connectivity index (χ2v) is 7.12. The highest BCUT2D eigenvalue weighted by Crippen LogP contribution is 2.30. The molecule has 0 spiro atoms. The molecule has 1 aromatic heterocycles. The summed E-state index contributed by atoms with van der Waals surface area (Å²) in [4.78, 5) is 3.59. The average molecular weight is 360 g/mol. The third-order valence-electron chi connectivity index (χ3n) is 4.29. The lowest BCUT2D eigenvalue weighted by molar-refractivity contribution is 0.0252. The van der Waals surface area contributed by atoms with Crippen molar-refractivity contribution in [1.29, 1.82) is 0 Å². The summed E-state index contributed by atoms with van der Waals surface area (Å²) in [5.41, 5.74) is 1.22. The first-order valence-electron chi connectivity index (χ1n) is 8.82. The Labute approximate surface area is 154 Å². The van der Waals surface area contributed by atoms with E-state index < -0.39 is 0 Å². The van der Waals surface area contributed by atoms with Gasteiger partial charge in [-0.3, -0.25) is 4.90 Å². The molecule has 0 bridgehead atoms. The summed E-state index contributed by atoms with van der Waals surface area (Å²) in [5, 5.41) is 2.06. The van der Waals surface area contributed by atoms with Gasteiger partial charge in [-0.2, -0.15) is 0 Å². The van der Waals surface area contributed by atoms with Crippen LogP contribution in [0.4, 0.5) is 0 Å². The number of morpholine rings is 1. The number of nitrogens with zero attached hydrogens (tertiary/aromatic N) is 1. The molecule has 0 amide bonds. The lowest BCUT2D eigenvalue weighted by Crippen LogP contribution is -2.43. The first-order valence-corrected chi connectivity index (χ1v) is 9.70. The number of ether oxygens (including phenoxy) is 3. The fourth-order valence-electron chi connectivity index (χ4n) is 2.95. The van der Waals surface area contributed by atoms with E-state index in [4.69, 9.17) is 14.2 Å². The zero-order chi connectivity index (χ0) is 17.5. The molecule has 1 atom stereocenters. The predicted octanol–water partition coefficient (Wildman–Crippen LogP) is 3.80. The monoisotopic (exact) mass is 360 g/mol. The van der Waals surface area contributed by atoms with Crippen molar-refractivity contribution in [2.45, 2.75) is 26.0 Å². The molecule has 1 aliphatic heterocycles. The maximum absolute atomic E-state index is 5.95. The van der Waals surface area contributed by atoms with Crippen molar-refractivity contribution in [1.82, 2.24) is 4.90 Å². The molecule has 2 aromatic rings. The van der Waals surface area contributed by atoms with E-state index in [2.05, 4.69) is 35.4 Å². The Bertz CT molecular complexity index is 638. The lowest BCUT2D eigenvalue weighted by Gasteiger charge is -2.32. The maximum atomic E-state index is 5.95. The van der Waals surface area contributed by atoms with Crippen molar-refractivity contribution in [3.8, 4) is 11.5 Å². The normalized spacial score (nSPS) is 16.6. The highest BCUT2D eigenvalue weighted by Gasteiger charge is 2.18. The molecule has 5 heteroatoms. The van der Waals surface area contributed by atoms with Crippen LogP contribution >= 0.6 is 11.3 Å². The maximum Gasteiger partial charge on any atom is 0.161 e. The van der Waals surface area contributed by atoms with Gasteiger partial charge in [0.2, 0.25) is 0 Å². The summed E-state index contributed by atoms with van der Waals surface area (Å²) in [5.74, 6) is 1.61. The molecule has 4 nitrogen and oxygen atoms in total. The highest BCUT2D eigenvalue weighted by atomic mass is 32.1. The predicted molar refractivity (Wildman–Crippen MR) is 102 cm³/mol. The minimum atomic E-state index is 0.247. The molecule has 1 saturated heterocycles. The second-order valence-electron chi connectivity index (χ2n) is 6.09. The van der Waals surface area contributed by atoms with Gasteiger partial charge in [-0.25, -0.2) is 0 Å². The third kappa shape index (κ3) is 5.21. The molecule has 3 rings (SSSR count). The van der Waals surface area contributed by atoms with Gasteiger partial charge in [-0.05, 0) is 49.4 Å². The molecule has 1 unspecified atom stereocenters. The van der Waals surface area contributed by atoms with Crippen LogP contribution in [0.2, 0.25) is 0 Å². The van der Waals surface area contributed by atoms with Gasteiger partial charge in [0, 0.05) is 24.0 Å². The van der Waals surface area contributed by atoms with Crippen LogP contribution in [0.5, 0.6) is 11.5 Å². The first-order chi connectivity index (χ1) is 12.3. The number of rotatable bonds is 8. The van der Waals surface area contributed by atoms with Gasteiger partial charge in [0.25, 0.3) is 0 Å². The summed E-state index contributed by atoms with van der Waals surface area (Å²) < 4.78 is 17.2. The summed E-state index contributed by atoms with van der Waals surface area (Å²) in [6.07, 6.45) is 0.894. The fourth-order valence-corrected chi connectivity index (χ4v) is 3.57. The van der Waals surface area contributed by atoms with Crippen molar-refractivity contribution in [3.63, 3.8) is 0 Å². The molecule has 1 aromatic carbocycles. The van der Waals surface area contributed by atoms with Crippen LogP contribution in [0.15, 0.2) is 35.7 Å². The number of thiophene rings is 1. The molecule has 0 saturated carbocycles. The van der Waals surface area contributed by atoms with Gasteiger partial charge in [0.15, 0.2) is 11.5 Å². The van der Waals surface area contributed by atoms with Crippen molar-refractivity contribution in [2.24, 2.45) is 0 Å². The Morgan fingerprint density at radius 1 is 1.20 bits per heavy atom. The van der Waals surface area contributed by atoms with E-state index in [1.807, 2.05) is 19.1 Å². The van der Waals surface area contributed by atoms with Crippen molar-refractivity contribution < 1.29 is 14.2 Å². The van der Waals surface area contributed by atoms with Gasteiger partial charge >= 0.3 is 0 Å². The lowest BCUT2D eigenvalue weighted by atomic mass is 10.0. The minimum Gasteiger partial charge on any atom is -0.490 e. The summed E-state index contributed by atoms with van der Waals surface area (Å²) >= 11 is 1.70. The molecule has 1 radical (unpaired) electrons. The van der Waals surface area contributed by atoms with Gasteiger partial charge in [-0.15, -0.1) is 11.3 Å². The van der Waals surface area contributed by atoms with Crippen LogP contribution in [0.3, 0.4) is 0 Å². The quantitative estimate of drug-likeness (QED) is 0.716. The summed E-state index contributed by atoms with van der Waals surface area (Å²) in [6, 6.07) is 10.6. The van der Waals surface area contributed by atoms with Crippen LogP contribution in [0.1, 0.15) is 17.4 Å². The largest absolute Gasteiger partial charge is 0.490 e. The molecule has 2 heterocycles. The van der Waals surface area contributed by atoms with Crippen molar-refractivity contribution in [2.75, 3.05) is 32.9 Å². The van der Waals surface area contributed by atoms with Crippen LogP contribution in [-0.4, -0.2) is 43.9 Å². The van der Waals surface area contributed by atoms with Gasteiger partial charge in [0.05, 0.1) is 19.8 Å². The van der Waals surface area contributed by atoms with Gasteiger partial charge in [0.1, 0.15) is 6.61 Å². The van der Waals surface area contributed by atoms with E-state index in [-0.39, 0.29) is 6.04 Å². The standard InChI is InChI=1S/C20H26NO3S/c1-3-23-20-14-17(13-16(2)21-8-10-22-11-9-21)6-7-19(20)24-15-18-5-4-12-25-18/h4-7,12,14,16H,2-3,8-11,13,15H2,1H3. The Hall–Kier alpha value is -1.56. The molecule has 25 heavy (non-hydrogen) atoms. The van der Waals surface area contributed by atoms with Crippen LogP contribution < -0.4 is 9.47 Å². The fraction of sp³-hybridized carbons (Fsp3) is 0.450. The average Bonchev–Trinajstić information content (AvgIpc) is 3.16. The molecular formula is C20H26NO3S. The van der Waals surface area contributed by atoms with Crippen LogP contribution in [0, 0.1) is 6.92 Å². The molecule has 1 fully saturated rings. The van der Waals surface area contributed by atoms with E-state index in [1.165, 1.54) is 10.4 Å². The van der Waals surface area contributed by atoms with E-state index in [0.717, 1.165) is 44.2 Å². The number of hydrogen-bond donors (Lipinski definition) is 0. The zero-order valence-corrected chi connectivity index (χ0v) is 15.6. The Kier molecular flexibility index (Phi) is 6.73. The van der Waals surface area contributed by atoms with E-state index in [1.54, 1.807) is 11.3 Å². The van der Waals surface area contributed by atoms with Gasteiger partial charge in [-0.1, -0.05) is 12.1 Å². The number of benzene rings is 1. The molecule has 135 valence electrons. The number of hydrogen-bond acceptors (Lipinski definition) is 5. The Balaban J connectivity index is 1.65. The van der Waals surface area contributed by atoms with Gasteiger partial charge < -0.3 is 14.2 Å². The van der Waals surface area contributed by atoms with Crippen molar-refractivity contribution in [3.05, 3.63) is 53.1 Å². The minimum absolute atomic E-state index is 0.247. The third-order valence-corrected chi connectivity index (χ3v) is 5.14. The smallest absolute Gasteiger partial charge is 0.161 e. The molecule has 1 aliphatic rings. The van der Waals surface area contributed by atoms with E-state index in [9.17, 15) is 0 Å². The van der Waals surface area contributed by atoms with E-state index in [0.29, 0.717) is 13.2 Å². The Morgan fingerprint density at radius 3 is 2.76 bits per heavy atom. The summed E-state index contributed by atoms with van der Waals surface area (Å²) in [6.45, 7) is 11.0. The first kappa shape index (κ1) is 18.2. The van der Waals surface area contributed by atoms with Crippen LogP contribution in [-0.2, 0) is 17.8 Å². The zero-order valence-electron chi connectivity index (χ0n) is 14.8.